The Morgan fingerprint density at radius 1 is 1.06 bits per heavy atom. The second-order valence-corrected chi connectivity index (χ2v) is 3.14. The zero-order valence-corrected chi connectivity index (χ0v) is 8.11. The standard InChI is InChI=1S/C11H8F3NO/c12-9(13)10(14)16-11-8-4-2-1-3-7(8)5-6-15-11/h1-6,9-10H. The first-order valence-corrected chi connectivity index (χ1v) is 4.61. The van der Waals surface area contributed by atoms with Crippen molar-refractivity contribution in [2.45, 2.75) is 12.8 Å². The number of hydrogen-bond donors (Lipinski definition) is 0. The highest BCUT2D eigenvalue weighted by molar-refractivity contribution is 5.86. The lowest BCUT2D eigenvalue weighted by Gasteiger charge is -2.11. The van der Waals surface area contributed by atoms with Crippen molar-refractivity contribution in [1.29, 1.82) is 0 Å². The van der Waals surface area contributed by atoms with E-state index in [1.165, 1.54) is 6.20 Å². The first-order valence-electron chi connectivity index (χ1n) is 4.61. The molecule has 1 aromatic heterocycles. The van der Waals surface area contributed by atoms with Gasteiger partial charge in [0.1, 0.15) is 0 Å². The molecule has 2 aromatic rings. The third-order valence-corrected chi connectivity index (χ3v) is 2.06. The lowest BCUT2D eigenvalue weighted by atomic mass is 10.2. The Balaban J connectivity index is 2.37. The van der Waals surface area contributed by atoms with Crippen molar-refractivity contribution in [3.63, 3.8) is 0 Å². The van der Waals surface area contributed by atoms with E-state index >= 15 is 0 Å². The minimum Gasteiger partial charge on any atom is -0.437 e. The van der Waals surface area contributed by atoms with Crippen molar-refractivity contribution in [1.82, 2.24) is 4.98 Å². The molecule has 0 fully saturated rings. The molecule has 0 saturated carbocycles. The van der Waals surface area contributed by atoms with Crippen LogP contribution in [0.15, 0.2) is 36.5 Å². The number of rotatable bonds is 3. The number of aromatic nitrogens is 1. The van der Waals surface area contributed by atoms with E-state index in [0.29, 0.717) is 5.39 Å². The Kier molecular flexibility index (Phi) is 2.94. The van der Waals surface area contributed by atoms with Gasteiger partial charge in [-0.3, -0.25) is 0 Å². The molecule has 0 radical (unpaired) electrons. The molecule has 1 aromatic carbocycles. The van der Waals surface area contributed by atoms with Gasteiger partial charge in [-0.15, -0.1) is 0 Å². The minimum atomic E-state index is -3.18. The molecule has 5 heteroatoms. The first kappa shape index (κ1) is 10.7. The summed E-state index contributed by atoms with van der Waals surface area (Å²) in [5.41, 5.74) is 0. The highest BCUT2D eigenvalue weighted by atomic mass is 19.3. The van der Waals surface area contributed by atoms with Crippen molar-refractivity contribution in [3.8, 4) is 5.88 Å². The van der Waals surface area contributed by atoms with Crippen LogP contribution in [0.25, 0.3) is 10.8 Å². The van der Waals surface area contributed by atoms with Crippen LogP contribution in [0.5, 0.6) is 5.88 Å². The van der Waals surface area contributed by atoms with Gasteiger partial charge in [0, 0.05) is 11.6 Å². The summed E-state index contributed by atoms with van der Waals surface area (Å²) < 4.78 is 41.2. The number of benzene rings is 1. The molecule has 2 rings (SSSR count). The van der Waals surface area contributed by atoms with Crippen molar-refractivity contribution < 1.29 is 17.9 Å². The maximum atomic E-state index is 12.7. The summed E-state index contributed by atoms with van der Waals surface area (Å²) in [5.74, 6) is -0.120. The summed E-state index contributed by atoms with van der Waals surface area (Å²) in [6.45, 7) is 0. The quantitative estimate of drug-likeness (QED) is 0.803. The monoisotopic (exact) mass is 227 g/mol. The molecule has 1 heterocycles. The van der Waals surface area contributed by atoms with Crippen molar-refractivity contribution in [2.75, 3.05) is 0 Å². The largest absolute Gasteiger partial charge is 0.437 e. The van der Waals surface area contributed by atoms with Gasteiger partial charge in [0.2, 0.25) is 5.88 Å². The van der Waals surface area contributed by atoms with E-state index in [-0.39, 0.29) is 5.88 Å². The normalized spacial score (nSPS) is 13.0. The molecule has 2 nitrogen and oxygen atoms in total. The fourth-order valence-corrected chi connectivity index (χ4v) is 1.34. The van der Waals surface area contributed by atoms with Gasteiger partial charge in [-0.1, -0.05) is 18.2 Å². The maximum Gasteiger partial charge on any atom is 0.304 e. The molecule has 0 amide bonds. The lowest BCUT2D eigenvalue weighted by molar-refractivity contribution is -0.0682. The summed E-state index contributed by atoms with van der Waals surface area (Å²) in [5, 5.41) is 1.27. The van der Waals surface area contributed by atoms with Crippen LogP contribution in [0.3, 0.4) is 0 Å². The Morgan fingerprint density at radius 3 is 2.56 bits per heavy atom. The van der Waals surface area contributed by atoms with Crippen LogP contribution < -0.4 is 4.74 Å². The molecule has 0 aliphatic carbocycles. The fourth-order valence-electron chi connectivity index (χ4n) is 1.34. The van der Waals surface area contributed by atoms with Gasteiger partial charge < -0.3 is 4.74 Å². The molecule has 84 valence electrons. The van der Waals surface area contributed by atoms with Gasteiger partial charge in [-0.2, -0.15) is 4.39 Å². The Morgan fingerprint density at radius 2 is 1.81 bits per heavy atom. The summed E-state index contributed by atoms with van der Waals surface area (Å²) in [7, 11) is 0. The van der Waals surface area contributed by atoms with Gasteiger partial charge >= 0.3 is 6.43 Å². The van der Waals surface area contributed by atoms with Crippen LogP contribution in [-0.4, -0.2) is 17.8 Å². The Bertz CT molecular complexity index is 484. The number of fused-ring (bicyclic) bond motifs is 1. The van der Waals surface area contributed by atoms with Crippen LogP contribution in [-0.2, 0) is 0 Å². The molecular formula is C11H8F3NO. The fraction of sp³-hybridized carbons (Fsp3) is 0.182. The average molecular weight is 227 g/mol. The Hall–Kier alpha value is -1.78. The molecule has 16 heavy (non-hydrogen) atoms. The molecule has 1 unspecified atom stereocenters. The third-order valence-electron chi connectivity index (χ3n) is 2.06. The smallest absolute Gasteiger partial charge is 0.304 e. The van der Waals surface area contributed by atoms with Gasteiger partial charge in [0.25, 0.3) is 6.36 Å². The molecule has 1 atom stereocenters. The van der Waals surface area contributed by atoms with Gasteiger partial charge in [-0.25, -0.2) is 13.8 Å². The van der Waals surface area contributed by atoms with Crippen LogP contribution in [0.2, 0.25) is 0 Å². The zero-order chi connectivity index (χ0) is 11.5. The number of alkyl halides is 3. The third kappa shape index (κ3) is 2.08. The number of ether oxygens (including phenoxy) is 1. The van der Waals surface area contributed by atoms with Gasteiger partial charge in [0.05, 0.1) is 0 Å². The van der Waals surface area contributed by atoms with E-state index in [9.17, 15) is 13.2 Å². The molecule has 0 saturated heterocycles. The molecule has 0 aliphatic rings. The number of halogens is 3. The van der Waals surface area contributed by atoms with E-state index in [4.69, 9.17) is 0 Å². The summed E-state index contributed by atoms with van der Waals surface area (Å²) in [6.07, 6.45) is -4.45. The Labute approximate surface area is 89.7 Å². The minimum absolute atomic E-state index is 0.120. The van der Waals surface area contributed by atoms with Gasteiger partial charge in [0.15, 0.2) is 0 Å². The highest BCUT2D eigenvalue weighted by Crippen LogP contribution is 2.24. The molecule has 0 aliphatic heterocycles. The van der Waals surface area contributed by atoms with Crippen LogP contribution in [0.1, 0.15) is 0 Å². The molecular weight excluding hydrogens is 219 g/mol. The summed E-state index contributed by atoms with van der Waals surface area (Å²) in [4.78, 5) is 3.73. The van der Waals surface area contributed by atoms with Crippen molar-refractivity contribution in [2.24, 2.45) is 0 Å². The van der Waals surface area contributed by atoms with Gasteiger partial charge in [-0.05, 0) is 17.5 Å². The summed E-state index contributed by atoms with van der Waals surface area (Å²) in [6, 6.07) is 8.58. The molecule has 0 bridgehead atoms. The molecule has 0 N–H and O–H groups in total. The van der Waals surface area contributed by atoms with E-state index in [1.54, 1.807) is 30.3 Å². The zero-order valence-electron chi connectivity index (χ0n) is 8.11. The van der Waals surface area contributed by atoms with E-state index < -0.39 is 12.8 Å². The lowest BCUT2D eigenvalue weighted by Crippen LogP contribution is -2.20. The van der Waals surface area contributed by atoms with Crippen molar-refractivity contribution in [3.05, 3.63) is 36.5 Å². The predicted molar refractivity (Wildman–Crippen MR) is 53.3 cm³/mol. The first-order chi connectivity index (χ1) is 7.68. The van der Waals surface area contributed by atoms with Crippen LogP contribution in [0, 0.1) is 0 Å². The van der Waals surface area contributed by atoms with E-state index in [0.717, 1.165) is 5.39 Å². The SMILES string of the molecule is FC(F)C(F)Oc1nccc2ccccc12. The number of nitrogens with zero attached hydrogens (tertiary/aromatic N) is 1. The predicted octanol–water partition coefficient (Wildman–Crippen LogP) is 3.17. The summed E-state index contributed by atoms with van der Waals surface area (Å²) >= 11 is 0. The average Bonchev–Trinajstić information content (AvgIpc) is 2.29. The topological polar surface area (TPSA) is 22.1 Å². The van der Waals surface area contributed by atoms with E-state index in [2.05, 4.69) is 9.72 Å². The van der Waals surface area contributed by atoms with Crippen molar-refractivity contribution >= 4 is 10.8 Å². The van der Waals surface area contributed by atoms with E-state index in [1.807, 2.05) is 0 Å². The van der Waals surface area contributed by atoms with Crippen LogP contribution >= 0.6 is 0 Å². The second-order valence-electron chi connectivity index (χ2n) is 3.14. The second kappa shape index (κ2) is 4.38. The molecule has 0 spiro atoms. The highest BCUT2D eigenvalue weighted by Gasteiger charge is 2.22. The number of pyridine rings is 1. The maximum absolute atomic E-state index is 12.7. The number of hydrogen-bond acceptors (Lipinski definition) is 2. The van der Waals surface area contributed by atoms with Crippen LogP contribution in [0.4, 0.5) is 13.2 Å².